The molecule has 0 aliphatic rings. The minimum atomic E-state index is -0.351. The monoisotopic (exact) mass is 457 g/mol. The lowest BCUT2D eigenvalue weighted by atomic mass is 10.0. The molecule has 174 valence electrons. The van der Waals surface area contributed by atoms with Gasteiger partial charge in [-0.2, -0.15) is 0 Å². The maximum Gasteiger partial charge on any atom is 0.237 e. The molecule has 0 aliphatic carbocycles. The summed E-state index contributed by atoms with van der Waals surface area (Å²) in [6, 6.07) is 20.7. The lowest BCUT2D eigenvalue weighted by Crippen LogP contribution is -2.41. The highest BCUT2D eigenvalue weighted by Gasteiger charge is 2.15. The number of nitrogens with one attached hydrogen (secondary N) is 2. The van der Waals surface area contributed by atoms with Crippen LogP contribution in [0.4, 0.5) is 10.2 Å². The van der Waals surface area contributed by atoms with Crippen molar-refractivity contribution in [3.8, 4) is 11.1 Å². The maximum atomic E-state index is 14.5. The van der Waals surface area contributed by atoms with Crippen LogP contribution in [0.1, 0.15) is 18.1 Å². The van der Waals surface area contributed by atoms with Crippen LogP contribution in [0.15, 0.2) is 73.1 Å². The Kier molecular flexibility index (Phi) is 7.13. The van der Waals surface area contributed by atoms with Crippen molar-refractivity contribution >= 4 is 22.6 Å². The van der Waals surface area contributed by atoms with Crippen molar-refractivity contribution < 1.29 is 9.18 Å². The third-order valence-corrected chi connectivity index (χ3v) is 5.92. The van der Waals surface area contributed by atoms with Gasteiger partial charge in [0.05, 0.1) is 11.6 Å². The van der Waals surface area contributed by atoms with Gasteiger partial charge in [-0.3, -0.25) is 9.69 Å². The predicted molar refractivity (Wildman–Crippen MR) is 134 cm³/mol. The van der Waals surface area contributed by atoms with E-state index >= 15 is 0 Å². The van der Waals surface area contributed by atoms with E-state index in [0.29, 0.717) is 12.1 Å². The van der Waals surface area contributed by atoms with E-state index in [0.717, 1.165) is 33.4 Å². The second-order valence-electron chi connectivity index (χ2n) is 8.46. The third-order valence-electron chi connectivity index (χ3n) is 5.92. The van der Waals surface area contributed by atoms with Crippen LogP contribution in [0.3, 0.4) is 0 Å². The molecule has 0 bridgehead atoms. The van der Waals surface area contributed by atoms with Gasteiger partial charge in [-0.05, 0) is 62.0 Å². The highest BCUT2D eigenvalue weighted by molar-refractivity contribution is 5.92. The molecular weight excluding hydrogens is 429 g/mol. The van der Waals surface area contributed by atoms with Crippen molar-refractivity contribution in [2.45, 2.75) is 26.1 Å². The van der Waals surface area contributed by atoms with E-state index < -0.39 is 0 Å². The first-order chi connectivity index (χ1) is 16.4. The average Bonchev–Trinajstić information content (AvgIpc) is 2.86. The number of hydrogen-bond donors (Lipinski definition) is 2. The van der Waals surface area contributed by atoms with Crippen LogP contribution in [0.25, 0.3) is 22.0 Å². The quantitative estimate of drug-likeness (QED) is 0.404. The second-order valence-corrected chi connectivity index (χ2v) is 8.46. The molecule has 4 aromatic rings. The summed E-state index contributed by atoms with van der Waals surface area (Å²) in [5.74, 6) is 0.241. The fourth-order valence-corrected chi connectivity index (χ4v) is 3.61. The van der Waals surface area contributed by atoms with Crippen molar-refractivity contribution in [3.05, 3.63) is 90.0 Å². The van der Waals surface area contributed by atoms with Crippen molar-refractivity contribution in [1.82, 2.24) is 20.2 Å². The van der Waals surface area contributed by atoms with Crippen LogP contribution < -0.4 is 10.6 Å². The number of carbonyl (C=O) groups excluding carboxylic acids is 1. The van der Waals surface area contributed by atoms with Gasteiger partial charge in [0, 0.05) is 24.0 Å². The molecule has 1 aromatic heterocycles. The second kappa shape index (κ2) is 10.4. The standard InChI is InChI=1S/C27H28FN5O/c1-18(33(2)3)27(34)30-16-22-13-20(9-11-24(22)28)21-10-12-25-23(14-21)26(32-17-31-25)29-15-19-7-5-4-6-8-19/h4-14,17-18H,15-16H2,1-3H3,(H,30,34)(H,29,31,32). The zero-order valence-electron chi connectivity index (χ0n) is 19.5. The Labute approximate surface area is 198 Å². The Bertz CT molecular complexity index is 1290. The van der Waals surface area contributed by atoms with Gasteiger partial charge in [0.15, 0.2) is 0 Å². The molecule has 1 unspecified atom stereocenters. The molecule has 2 N–H and O–H groups in total. The minimum absolute atomic E-state index is 0.122. The number of hydrogen-bond acceptors (Lipinski definition) is 5. The highest BCUT2D eigenvalue weighted by Crippen LogP contribution is 2.28. The summed E-state index contributed by atoms with van der Waals surface area (Å²) in [5.41, 5.74) is 4.18. The maximum absolute atomic E-state index is 14.5. The van der Waals surface area contributed by atoms with E-state index in [1.54, 1.807) is 18.5 Å². The third kappa shape index (κ3) is 5.38. The van der Waals surface area contributed by atoms with Crippen LogP contribution in [-0.2, 0) is 17.9 Å². The molecule has 7 heteroatoms. The number of aromatic nitrogens is 2. The Morgan fingerprint density at radius 3 is 2.47 bits per heavy atom. The van der Waals surface area contributed by atoms with Gasteiger partial charge in [-0.25, -0.2) is 14.4 Å². The summed E-state index contributed by atoms with van der Waals surface area (Å²) in [7, 11) is 3.66. The molecule has 0 saturated heterocycles. The highest BCUT2D eigenvalue weighted by atomic mass is 19.1. The molecular formula is C27H28FN5O. The molecule has 6 nitrogen and oxygen atoms in total. The Morgan fingerprint density at radius 2 is 1.71 bits per heavy atom. The van der Waals surface area contributed by atoms with E-state index in [9.17, 15) is 9.18 Å². The van der Waals surface area contributed by atoms with Crippen LogP contribution in [0, 0.1) is 5.82 Å². The SMILES string of the molecule is CC(C(=O)NCc1cc(-c2ccc3ncnc(NCc4ccccc4)c3c2)ccc1F)N(C)C. The van der Waals surface area contributed by atoms with E-state index in [2.05, 4.69) is 32.7 Å². The number of rotatable bonds is 8. The summed E-state index contributed by atoms with van der Waals surface area (Å²) in [4.78, 5) is 22.9. The zero-order chi connectivity index (χ0) is 24.1. The lowest BCUT2D eigenvalue weighted by Gasteiger charge is -2.19. The molecule has 4 rings (SSSR count). The molecule has 0 saturated carbocycles. The lowest BCUT2D eigenvalue weighted by molar-refractivity contribution is -0.125. The number of carbonyl (C=O) groups is 1. The number of nitrogens with zero attached hydrogens (tertiary/aromatic N) is 3. The van der Waals surface area contributed by atoms with E-state index in [-0.39, 0.29) is 24.3 Å². The normalized spacial score (nSPS) is 12.0. The Balaban J connectivity index is 1.58. The zero-order valence-corrected chi connectivity index (χ0v) is 19.5. The smallest absolute Gasteiger partial charge is 0.237 e. The fourth-order valence-electron chi connectivity index (χ4n) is 3.61. The van der Waals surface area contributed by atoms with Crippen molar-refractivity contribution in [1.29, 1.82) is 0 Å². The Hall–Kier alpha value is -3.84. The van der Waals surface area contributed by atoms with Gasteiger partial charge >= 0.3 is 0 Å². The number of anilines is 1. The van der Waals surface area contributed by atoms with Crippen LogP contribution in [0.2, 0.25) is 0 Å². The molecule has 3 aromatic carbocycles. The summed E-state index contributed by atoms with van der Waals surface area (Å²) in [6.07, 6.45) is 1.54. The number of fused-ring (bicyclic) bond motifs is 1. The topological polar surface area (TPSA) is 70.1 Å². The molecule has 0 fully saturated rings. The molecule has 0 spiro atoms. The number of likely N-dealkylation sites (N-methyl/N-ethyl adjacent to an activating group) is 1. The average molecular weight is 458 g/mol. The predicted octanol–water partition coefficient (Wildman–Crippen LogP) is 4.61. The number of amides is 1. The van der Waals surface area contributed by atoms with Gasteiger partial charge in [-0.15, -0.1) is 0 Å². The molecule has 0 aliphatic heterocycles. The van der Waals surface area contributed by atoms with Gasteiger partial charge in [0.25, 0.3) is 0 Å². The summed E-state index contributed by atoms with van der Waals surface area (Å²) >= 11 is 0. The molecule has 1 atom stereocenters. The molecule has 0 radical (unpaired) electrons. The number of benzene rings is 3. The van der Waals surface area contributed by atoms with Crippen LogP contribution in [-0.4, -0.2) is 40.9 Å². The first kappa shape index (κ1) is 23.3. The molecule has 1 amide bonds. The summed E-state index contributed by atoms with van der Waals surface area (Å²) in [5, 5.41) is 7.10. The summed E-state index contributed by atoms with van der Waals surface area (Å²) in [6.45, 7) is 2.57. The van der Waals surface area contributed by atoms with Crippen LogP contribution >= 0.6 is 0 Å². The summed E-state index contributed by atoms with van der Waals surface area (Å²) < 4.78 is 14.5. The first-order valence-corrected chi connectivity index (χ1v) is 11.2. The first-order valence-electron chi connectivity index (χ1n) is 11.2. The van der Waals surface area contributed by atoms with Crippen molar-refractivity contribution in [2.75, 3.05) is 19.4 Å². The van der Waals surface area contributed by atoms with E-state index in [4.69, 9.17) is 0 Å². The van der Waals surface area contributed by atoms with E-state index in [1.165, 1.54) is 6.07 Å². The van der Waals surface area contributed by atoms with E-state index in [1.807, 2.05) is 62.3 Å². The van der Waals surface area contributed by atoms with Crippen LogP contribution in [0.5, 0.6) is 0 Å². The largest absolute Gasteiger partial charge is 0.365 e. The molecule has 34 heavy (non-hydrogen) atoms. The Morgan fingerprint density at radius 1 is 0.971 bits per heavy atom. The number of halogens is 1. The van der Waals surface area contributed by atoms with Crippen molar-refractivity contribution in [2.24, 2.45) is 0 Å². The van der Waals surface area contributed by atoms with Gasteiger partial charge in [0.1, 0.15) is 18.0 Å². The van der Waals surface area contributed by atoms with Gasteiger partial charge < -0.3 is 10.6 Å². The fraction of sp³-hybridized carbons (Fsp3) is 0.222. The van der Waals surface area contributed by atoms with Crippen molar-refractivity contribution in [3.63, 3.8) is 0 Å². The molecule has 1 heterocycles. The minimum Gasteiger partial charge on any atom is -0.365 e. The van der Waals surface area contributed by atoms with Gasteiger partial charge in [-0.1, -0.05) is 42.5 Å². The van der Waals surface area contributed by atoms with Gasteiger partial charge in [0.2, 0.25) is 5.91 Å².